The van der Waals surface area contributed by atoms with Gasteiger partial charge in [0.25, 0.3) is 0 Å². The van der Waals surface area contributed by atoms with Crippen molar-refractivity contribution in [1.82, 2.24) is 5.32 Å². The predicted molar refractivity (Wildman–Crippen MR) is 65.2 cm³/mol. The molecular formula is C13H21NO2. The Morgan fingerprint density at radius 2 is 1.88 bits per heavy atom. The summed E-state index contributed by atoms with van der Waals surface area (Å²) in [6.45, 7) is 3.71. The van der Waals surface area contributed by atoms with Crippen LogP contribution in [-0.2, 0) is 17.9 Å². The molecule has 0 bridgehead atoms. The zero-order chi connectivity index (χ0) is 11.8. The van der Waals surface area contributed by atoms with Crippen LogP contribution < -0.4 is 5.32 Å². The van der Waals surface area contributed by atoms with Gasteiger partial charge >= 0.3 is 0 Å². The van der Waals surface area contributed by atoms with Crippen LogP contribution in [-0.4, -0.2) is 24.9 Å². The SMILES string of the molecule is CCC(CO)NCc1ccc(COC)cc1. The lowest BCUT2D eigenvalue weighted by atomic mass is 10.1. The molecular weight excluding hydrogens is 202 g/mol. The van der Waals surface area contributed by atoms with Crippen molar-refractivity contribution in [2.75, 3.05) is 13.7 Å². The lowest BCUT2D eigenvalue weighted by molar-refractivity contribution is 0.185. The molecule has 90 valence electrons. The van der Waals surface area contributed by atoms with E-state index >= 15 is 0 Å². The minimum Gasteiger partial charge on any atom is -0.395 e. The fourth-order valence-electron chi connectivity index (χ4n) is 1.52. The van der Waals surface area contributed by atoms with Crippen LogP contribution in [0.3, 0.4) is 0 Å². The van der Waals surface area contributed by atoms with Crippen LogP contribution in [0.1, 0.15) is 24.5 Å². The highest BCUT2D eigenvalue weighted by molar-refractivity contribution is 5.21. The van der Waals surface area contributed by atoms with Crippen LogP contribution >= 0.6 is 0 Å². The van der Waals surface area contributed by atoms with E-state index < -0.39 is 0 Å². The van der Waals surface area contributed by atoms with Crippen LogP contribution in [0.5, 0.6) is 0 Å². The highest BCUT2D eigenvalue weighted by atomic mass is 16.5. The van der Waals surface area contributed by atoms with Crippen molar-refractivity contribution in [2.24, 2.45) is 0 Å². The van der Waals surface area contributed by atoms with Gasteiger partial charge in [-0.25, -0.2) is 0 Å². The number of aliphatic hydroxyl groups excluding tert-OH is 1. The average Bonchev–Trinajstić information content (AvgIpc) is 2.33. The van der Waals surface area contributed by atoms with E-state index in [1.807, 2.05) is 0 Å². The van der Waals surface area contributed by atoms with E-state index in [1.54, 1.807) is 7.11 Å². The molecule has 0 aliphatic carbocycles. The Kier molecular flexibility index (Phi) is 6.08. The van der Waals surface area contributed by atoms with Gasteiger partial charge in [-0.1, -0.05) is 31.2 Å². The lowest BCUT2D eigenvalue weighted by Crippen LogP contribution is -2.31. The molecule has 0 amide bonds. The van der Waals surface area contributed by atoms with E-state index in [0.29, 0.717) is 6.61 Å². The third-order valence-corrected chi connectivity index (χ3v) is 2.64. The molecule has 0 saturated heterocycles. The standard InChI is InChI=1S/C13H21NO2/c1-3-13(9-15)14-8-11-4-6-12(7-5-11)10-16-2/h4-7,13-15H,3,8-10H2,1-2H3. The fourth-order valence-corrected chi connectivity index (χ4v) is 1.52. The van der Waals surface area contributed by atoms with Gasteiger partial charge in [0.05, 0.1) is 13.2 Å². The lowest BCUT2D eigenvalue weighted by Gasteiger charge is -2.13. The maximum absolute atomic E-state index is 9.04. The van der Waals surface area contributed by atoms with Crippen LogP contribution in [0.2, 0.25) is 0 Å². The van der Waals surface area contributed by atoms with Crippen molar-refractivity contribution in [2.45, 2.75) is 32.5 Å². The van der Waals surface area contributed by atoms with Crippen LogP contribution in [0.25, 0.3) is 0 Å². The van der Waals surface area contributed by atoms with E-state index in [2.05, 4.69) is 36.5 Å². The van der Waals surface area contributed by atoms with E-state index in [9.17, 15) is 0 Å². The number of aliphatic hydroxyl groups is 1. The average molecular weight is 223 g/mol. The molecule has 3 nitrogen and oxygen atoms in total. The number of hydrogen-bond acceptors (Lipinski definition) is 3. The molecule has 1 atom stereocenters. The summed E-state index contributed by atoms with van der Waals surface area (Å²) in [5.41, 5.74) is 2.41. The molecule has 3 heteroatoms. The Labute approximate surface area is 97.4 Å². The summed E-state index contributed by atoms with van der Waals surface area (Å²) < 4.78 is 5.05. The van der Waals surface area contributed by atoms with Crippen molar-refractivity contribution < 1.29 is 9.84 Å². The number of hydrogen-bond donors (Lipinski definition) is 2. The molecule has 0 aliphatic heterocycles. The van der Waals surface area contributed by atoms with Crippen molar-refractivity contribution in [3.05, 3.63) is 35.4 Å². The zero-order valence-corrected chi connectivity index (χ0v) is 10.1. The molecule has 0 heterocycles. The number of nitrogens with one attached hydrogen (secondary N) is 1. The largest absolute Gasteiger partial charge is 0.395 e. The quantitative estimate of drug-likeness (QED) is 0.739. The molecule has 16 heavy (non-hydrogen) atoms. The minimum atomic E-state index is 0.193. The summed E-state index contributed by atoms with van der Waals surface area (Å²) in [4.78, 5) is 0. The second-order valence-electron chi connectivity index (χ2n) is 3.92. The van der Waals surface area contributed by atoms with Gasteiger partial charge in [0, 0.05) is 19.7 Å². The summed E-state index contributed by atoms with van der Waals surface area (Å²) in [7, 11) is 1.70. The topological polar surface area (TPSA) is 41.5 Å². The summed E-state index contributed by atoms with van der Waals surface area (Å²) in [6.07, 6.45) is 0.943. The normalized spacial score (nSPS) is 12.7. The highest BCUT2D eigenvalue weighted by Gasteiger charge is 2.02. The molecule has 0 saturated carbocycles. The number of rotatable bonds is 7. The Bertz CT molecular complexity index is 280. The summed E-state index contributed by atoms with van der Waals surface area (Å²) in [5, 5.41) is 12.3. The Morgan fingerprint density at radius 3 is 2.38 bits per heavy atom. The first-order valence-electron chi connectivity index (χ1n) is 5.71. The fraction of sp³-hybridized carbons (Fsp3) is 0.538. The van der Waals surface area contributed by atoms with Crippen LogP contribution in [0.4, 0.5) is 0 Å². The second-order valence-corrected chi connectivity index (χ2v) is 3.92. The molecule has 0 spiro atoms. The van der Waals surface area contributed by atoms with E-state index in [4.69, 9.17) is 9.84 Å². The first kappa shape index (κ1) is 13.2. The second kappa shape index (κ2) is 7.39. The number of methoxy groups -OCH3 is 1. The first-order valence-corrected chi connectivity index (χ1v) is 5.71. The monoisotopic (exact) mass is 223 g/mol. The summed E-state index contributed by atoms with van der Waals surface area (Å²) in [5.74, 6) is 0. The molecule has 0 aromatic heterocycles. The van der Waals surface area contributed by atoms with E-state index in [0.717, 1.165) is 13.0 Å². The summed E-state index contributed by atoms with van der Waals surface area (Å²) >= 11 is 0. The maximum Gasteiger partial charge on any atom is 0.0713 e. The van der Waals surface area contributed by atoms with Crippen molar-refractivity contribution >= 4 is 0 Å². The molecule has 1 unspecified atom stereocenters. The number of benzene rings is 1. The van der Waals surface area contributed by atoms with Crippen molar-refractivity contribution in [1.29, 1.82) is 0 Å². The third-order valence-electron chi connectivity index (χ3n) is 2.64. The number of ether oxygens (including phenoxy) is 1. The molecule has 0 fully saturated rings. The minimum absolute atomic E-state index is 0.193. The van der Waals surface area contributed by atoms with Crippen LogP contribution in [0.15, 0.2) is 24.3 Å². The smallest absolute Gasteiger partial charge is 0.0713 e. The Morgan fingerprint density at radius 1 is 1.25 bits per heavy atom. The van der Waals surface area contributed by atoms with Gasteiger partial charge in [-0.3, -0.25) is 0 Å². The molecule has 2 N–H and O–H groups in total. The van der Waals surface area contributed by atoms with Gasteiger partial charge in [-0.2, -0.15) is 0 Å². The van der Waals surface area contributed by atoms with Gasteiger partial charge in [0.2, 0.25) is 0 Å². The Hall–Kier alpha value is -0.900. The first-order chi connectivity index (χ1) is 7.80. The molecule has 0 aliphatic rings. The van der Waals surface area contributed by atoms with Crippen molar-refractivity contribution in [3.8, 4) is 0 Å². The molecule has 1 aromatic carbocycles. The maximum atomic E-state index is 9.04. The van der Waals surface area contributed by atoms with Crippen LogP contribution in [0, 0.1) is 0 Å². The predicted octanol–water partition coefficient (Wildman–Crippen LogP) is 1.69. The van der Waals surface area contributed by atoms with E-state index in [1.165, 1.54) is 11.1 Å². The molecule has 1 aromatic rings. The van der Waals surface area contributed by atoms with Gasteiger partial charge in [0.15, 0.2) is 0 Å². The van der Waals surface area contributed by atoms with Gasteiger partial charge in [-0.15, -0.1) is 0 Å². The van der Waals surface area contributed by atoms with Gasteiger partial charge in [-0.05, 0) is 17.5 Å². The van der Waals surface area contributed by atoms with E-state index in [-0.39, 0.29) is 12.6 Å². The highest BCUT2D eigenvalue weighted by Crippen LogP contribution is 2.05. The van der Waals surface area contributed by atoms with Crippen molar-refractivity contribution in [3.63, 3.8) is 0 Å². The third kappa shape index (κ3) is 4.31. The summed E-state index contributed by atoms with van der Waals surface area (Å²) in [6, 6.07) is 8.51. The molecule has 0 radical (unpaired) electrons. The molecule has 1 rings (SSSR count). The van der Waals surface area contributed by atoms with Gasteiger partial charge < -0.3 is 15.2 Å². The Balaban J connectivity index is 2.42. The zero-order valence-electron chi connectivity index (χ0n) is 10.1. The van der Waals surface area contributed by atoms with Gasteiger partial charge in [0.1, 0.15) is 0 Å².